The molecule has 0 atom stereocenters. The summed E-state index contributed by atoms with van der Waals surface area (Å²) < 4.78 is 1.81. The number of anilines is 1. The molecule has 0 saturated heterocycles. The zero-order chi connectivity index (χ0) is 10.1. The van der Waals surface area contributed by atoms with Crippen molar-refractivity contribution in [1.82, 2.24) is 9.55 Å². The minimum Gasteiger partial charge on any atom is -0.384 e. The molecule has 2 rings (SSSR count). The van der Waals surface area contributed by atoms with Crippen molar-refractivity contribution in [2.24, 2.45) is 7.05 Å². The van der Waals surface area contributed by atoms with Gasteiger partial charge in [-0.1, -0.05) is 23.7 Å². The van der Waals surface area contributed by atoms with Crippen molar-refractivity contribution in [3.8, 4) is 11.4 Å². The minimum atomic E-state index is 0.625. The molecule has 1 heterocycles. The average molecular weight is 208 g/mol. The first-order valence-electron chi connectivity index (χ1n) is 4.22. The van der Waals surface area contributed by atoms with E-state index >= 15 is 0 Å². The molecule has 0 amide bonds. The van der Waals surface area contributed by atoms with Crippen LogP contribution in [0.2, 0.25) is 5.02 Å². The number of rotatable bonds is 1. The van der Waals surface area contributed by atoms with Crippen molar-refractivity contribution in [3.63, 3.8) is 0 Å². The van der Waals surface area contributed by atoms with E-state index in [9.17, 15) is 0 Å². The highest BCUT2D eigenvalue weighted by atomic mass is 35.5. The van der Waals surface area contributed by atoms with Crippen LogP contribution < -0.4 is 5.73 Å². The molecule has 0 aliphatic carbocycles. The molecule has 1 aromatic heterocycles. The fraction of sp³-hybridized carbons (Fsp3) is 0.100. The Bertz CT molecular complexity index is 462. The van der Waals surface area contributed by atoms with Crippen LogP contribution in [0.1, 0.15) is 0 Å². The summed E-state index contributed by atoms with van der Waals surface area (Å²) in [6.45, 7) is 0. The number of nitrogen functional groups attached to an aromatic ring is 1. The molecular weight excluding hydrogens is 198 g/mol. The third-order valence-corrected chi connectivity index (χ3v) is 2.47. The maximum absolute atomic E-state index is 6.05. The second-order valence-corrected chi connectivity index (χ2v) is 3.45. The molecule has 0 bridgehead atoms. The molecule has 0 fully saturated rings. The largest absolute Gasteiger partial charge is 0.384 e. The lowest BCUT2D eigenvalue weighted by molar-refractivity contribution is 0.937. The average Bonchev–Trinajstić information content (AvgIpc) is 2.49. The van der Waals surface area contributed by atoms with E-state index in [0.29, 0.717) is 10.8 Å². The first kappa shape index (κ1) is 9.09. The number of benzene rings is 1. The third kappa shape index (κ3) is 1.36. The Labute approximate surface area is 87.1 Å². The molecule has 14 heavy (non-hydrogen) atoms. The number of hydrogen-bond acceptors (Lipinski definition) is 2. The van der Waals surface area contributed by atoms with Gasteiger partial charge in [-0.2, -0.15) is 0 Å². The number of hydrogen-bond donors (Lipinski definition) is 1. The number of aromatic nitrogens is 2. The Balaban J connectivity index is 2.60. The summed E-state index contributed by atoms with van der Waals surface area (Å²) in [7, 11) is 1.86. The summed E-state index contributed by atoms with van der Waals surface area (Å²) in [6, 6.07) is 7.57. The predicted octanol–water partition coefficient (Wildman–Crippen LogP) is 2.32. The molecule has 2 aromatic rings. The molecule has 0 saturated carbocycles. The topological polar surface area (TPSA) is 43.8 Å². The lowest BCUT2D eigenvalue weighted by atomic mass is 10.2. The Morgan fingerprint density at radius 2 is 2.07 bits per heavy atom. The minimum absolute atomic E-state index is 0.625. The summed E-state index contributed by atoms with van der Waals surface area (Å²) in [6.07, 6.45) is 1.62. The van der Waals surface area contributed by atoms with Gasteiger partial charge in [0.15, 0.2) is 0 Å². The van der Waals surface area contributed by atoms with Crippen LogP contribution in [0.25, 0.3) is 11.4 Å². The summed E-state index contributed by atoms with van der Waals surface area (Å²) in [5, 5.41) is 0.682. The molecule has 0 unspecified atom stereocenters. The van der Waals surface area contributed by atoms with Crippen molar-refractivity contribution in [1.29, 1.82) is 0 Å². The molecule has 1 aromatic carbocycles. The van der Waals surface area contributed by atoms with Crippen molar-refractivity contribution >= 4 is 17.4 Å². The van der Waals surface area contributed by atoms with Crippen molar-refractivity contribution < 1.29 is 0 Å². The van der Waals surface area contributed by atoms with Crippen LogP contribution >= 0.6 is 11.6 Å². The molecule has 0 aliphatic rings. The van der Waals surface area contributed by atoms with Crippen LogP contribution in [0.4, 0.5) is 5.82 Å². The Morgan fingerprint density at radius 1 is 1.36 bits per heavy atom. The molecule has 3 nitrogen and oxygen atoms in total. The highest BCUT2D eigenvalue weighted by molar-refractivity contribution is 6.33. The van der Waals surface area contributed by atoms with Gasteiger partial charge in [0.05, 0.1) is 11.2 Å². The van der Waals surface area contributed by atoms with Crippen molar-refractivity contribution in [2.45, 2.75) is 0 Å². The maximum atomic E-state index is 6.05. The van der Waals surface area contributed by atoms with E-state index in [1.54, 1.807) is 10.8 Å². The van der Waals surface area contributed by atoms with Gasteiger partial charge in [-0.05, 0) is 12.1 Å². The first-order chi connectivity index (χ1) is 6.70. The summed E-state index contributed by atoms with van der Waals surface area (Å²) in [4.78, 5) is 4.20. The van der Waals surface area contributed by atoms with Gasteiger partial charge in [-0.15, -0.1) is 0 Å². The van der Waals surface area contributed by atoms with Crippen LogP contribution in [0.15, 0.2) is 30.5 Å². The highest BCUT2D eigenvalue weighted by Gasteiger charge is 2.08. The van der Waals surface area contributed by atoms with Gasteiger partial charge in [0.25, 0.3) is 0 Å². The van der Waals surface area contributed by atoms with E-state index in [4.69, 9.17) is 17.3 Å². The highest BCUT2D eigenvalue weighted by Crippen LogP contribution is 2.26. The maximum Gasteiger partial charge on any atom is 0.142 e. The molecule has 0 aliphatic heterocycles. The van der Waals surface area contributed by atoms with E-state index in [0.717, 1.165) is 11.4 Å². The standard InChI is InChI=1S/C10H10ClN3/c1-14-9(12)6-13-10(14)7-4-2-3-5-8(7)11/h2-6H,12H2,1H3. The van der Waals surface area contributed by atoms with Crippen LogP contribution in [0.5, 0.6) is 0 Å². The van der Waals surface area contributed by atoms with E-state index in [1.807, 2.05) is 31.3 Å². The smallest absolute Gasteiger partial charge is 0.142 e. The van der Waals surface area contributed by atoms with Crippen LogP contribution in [-0.4, -0.2) is 9.55 Å². The molecule has 2 N–H and O–H groups in total. The Hall–Kier alpha value is -1.48. The predicted molar refractivity (Wildman–Crippen MR) is 58.1 cm³/mol. The number of imidazole rings is 1. The molecule has 0 spiro atoms. The van der Waals surface area contributed by atoms with E-state index in [1.165, 1.54) is 0 Å². The monoisotopic (exact) mass is 207 g/mol. The lowest BCUT2D eigenvalue weighted by Gasteiger charge is -2.04. The molecule has 72 valence electrons. The molecular formula is C10H10ClN3. The van der Waals surface area contributed by atoms with Gasteiger partial charge >= 0.3 is 0 Å². The Morgan fingerprint density at radius 3 is 2.64 bits per heavy atom. The number of nitrogens with zero attached hydrogens (tertiary/aromatic N) is 2. The van der Waals surface area contributed by atoms with Crippen LogP contribution in [0, 0.1) is 0 Å². The van der Waals surface area contributed by atoms with Gasteiger partial charge < -0.3 is 10.3 Å². The molecule has 4 heteroatoms. The normalized spacial score (nSPS) is 10.4. The fourth-order valence-electron chi connectivity index (χ4n) is 1.32. The summed E-state index contributed by atoms with van der Waals surface area (Å²) in [5.74, 6) is 1.41. The lowest BCUT2D eigenvalue weighted by Crippen LogP contribution is -1.98. The van der Waals surface area contributed by atoms with E-state index < -0.39 is 0 Å². The van der Waals surface area contributed by atoms with Gasteiger partial charge in [-0.25, -0.2) is 4.98 Å². The quantitative estimate of drug-likeness (QED) is 0.780. The summed E-state index contributed by atoms with van der Waals surface area (Å²) >= 11 is 6.05. The number of nitrogens with two attached hydrogens (primary N) is 1. The summed E-state index contributed by atoms with van der Waals surface area (Å²) in [5.41, 5.74) is 6.58. The van der Waals surface area contributed by atoms with Crippen molar-refractivity contribution in [3.05, 3.63) is 35.5 Å². The van der Waals surface area contributed by atoms with Crippen LogP contribution in [0.3, 0.4) is 0 Å². The van der Waals surface area contributed by atoms with Gasteiger partial charge in [-0.3, -0.25) is 0 Å². The second-order valence-electron chi connectivity index (χ2n) is 3.05. The molecule has 0 radical (unpaired) electrons. The van der Waals surface area contributed by atoms with Crippen LogP contribution in [-0.2, 0) is 7.05 Å². The SMILES string of the molecule is Cn1c(N)cnc1-c1ccccc1Cl. The third-order valence-electron chi connectivity index (χ3n) is 2.14. The van der Waals surface area contributed by atoms with Crippen molar-refractivity contribution in [2.75, 3.05) is 5.73 Å². The van der Waals surface area contributed by atoms with E-state index in [-0.39, 0.29) is 0 Å². The number of halogens is 1. The van der Waals surface area contributed by atoms with Gasteiger partial charge in [0.1, 0.15) is 11.6 Å². The Kier molecular flexibility index (Phi) is 2.17. The first-order valence-corrected chi connectivity index (χ1v) is 4.60. The van der Waals surface area contributed by atoms with E-state index in [2.05, 4.69) is 4.98 Å². The second kappa shape index (κ2) is 3.35. The van der Waals surface area contributed by atoms with Gasteiger partial charge in [0, 0.05) is 12.6 Å². The fourth-order valence-corrected chi connectivity index (χ4v) is 1.54. The zero-order valence-electron chi connectivity index (χ0n) is 7.74. The zero-order valence-corrected chi connectivity index (χ0v) is 8.49. The van der Waals surface area contributed by atoms with Gasteiger partial charge in [0.2, 0.25) is 0 Å².